The first-order chi connectivity index (χ1) is 8.97. The number of alkyl halides is 2. The normalized spacial score (nSPS) is 10.8. The molecule has 0 aliphatic rings. The van der Waals surface area contributed by atoms with Crippen molar-refractivity contribution in [3.8, 4) is 17.1 Å². The van der Waals surface area contributed by atoms with Crippen LogP contribution in [-0.2, 0) is 0 Å². The third-order valence-corrected chi connectivity index (χ3v) is 2.93. The van der Waals surface area contributed by atoms with Crippen molar-refractivity contribution in [3.63, 3.8) is 0 Å². The molecule has 0 aliphatic heterocycles. The summed E-state index contributed by atoms with van der Waals surface area (Å²) in [6.07, 6.45) is 2.57. The number of ether oxygens (including phenoxy) is 1. The maximum Gasteiger partial charge on any atom is 0.389 e. The van der Waals surface area contributed by atoms with Gasteiger partial charge >= 0.3 is 12.6 Å². The highest BCUT2D eigenvalue weighted by Gasteiger charge is 2.12. The van der Waals surface area contributed by atoms with Crippen LogP contribution in [0.5, 0.6) is 6.01 Å². The van der Waals surface area contributed by atoms with Crippen LogP contribution in [0.4, 0.5) is 8.78 Å². The Balaban J connectivity index is 2.37. The zero-order valence-corrected chi connectivity index (χ0v) is 11.3. The summed E-state index contributed by atoms with van der Waals surface area (Å²) in [5, 5.41) is 1.00. The van der Waals surface area contributed by atoms with E-state index >= 15 is 0 Å². The molecule has 2 aromatic rings. The number of aromatic nitrogens is 2. The lowest BCUT2D eigenvalue weighted by Crippen LogP contribution is -2.05. The minimum atomic E-state index is -2.98. The second-order valence-electron chi connectivity index (χ2n) is 3.38. The van der Waals surface area contributed by atoms with E-state index in [1.807, 2.05) is 0 Å². The number of hydrogen-bond donors (Lipinski definition) is 0. The summed E-state index contributed by atoms with van der Waals surface area (Å²) in [6.45, 7) is -2.98. The van der Waals surface area contributed by atoms with Gasteiger partial charge in [-0.2, -0.15) is 8.78 Å². The highest BCUT2D eigenvalue weighted by atomic mass is 35.5. The molecule has 1 aromatic carbocycles. The van der Waals surface area contributed by atoms with Gasteiger partial charge in [0, 0.05) is 28.5 Å². The predicted molar refractivity (Wildman–Crippen MR) is 69.1 cm³/mol. The third-order valence-electron chi connectivity index (χ3n) is 2.12. The molecule has 1 heterocycles. The topological polar surface area (TPSA) is 35.0 Å². The van der Waals surface area contributed by atoms with Crippen molar-refractivity contribution in [3.05, 3.63) is 39.6 Å². The molecule has 0 radical (unpaired) electrons. The summed E-state index contributed by atoms with van der Waals surface area (Å²) >= 11 is 17.8. The summed E-state index contributed by atoms with van der Waals surface area (Å²) in [5.74, 6) is 0. The molecule has 0 fully saturated rings. The molecule has 0 atom stereocenters. The highest BCUT2D eigenvalue weighted by Crippen LogP contribution is 2.36. The Morgan fingerprint density at radius 1 is 1.00 bits per heavy atom. The van der Waals surface area contributed by atoms with Crippen LogP contribution in [0.1, 0.15) is 0 Å². The van der Waals surface area contributed by atoms with Crippen LogP contribution >= 0.6 is 34.8 Å². The average Bonchev–Trinajstić information content (AvgIpc) is 2.29. The lowest BCUT2D eigenvalue weighted by atomic mass is 10.1. The van der Waals surface area contributed by atoms with E-state index in [9.17, 15) is 8.78 Å². The van der Waals surface area contributed by atoms with E-state index in [0.29, 0.717) is 26.2 Å². The first kappa shape index (κ1) is 14.2. The van der Waals surface area contributed by atoms with Gasteiger partial charge in [-0.25, -0.2) is 9.97 Å². The Kier molecular flexibility index (Phi) is 4.39. The van der Waals surface area contributed by atoms with Crippen LogP contribution in [0, 0.1) is 0 Å². The van der Waals surface area contributed by atoms with Crippen LogP contribution in [0.3, 0.4) is 0 Å². The van der Waals surface area contributed by atoms with Crippen LogP contribution in [-0.4, -0.2) is 16.6 Å². The molecular weight excluding hydrogens is 320 g/mol. The number of halogens is 5. The van der Waals surface area contributed by atoms with Gasteiger partial charge in [0.1, 0.15) is 0 Å². The zero-order chi connectivity index (χ0) is 14.0. The van der Waals surface area contributed by atoms with Crippen molar-refractivity contribution in [2.45, 2.75) is 6.61 Å². The molecule has 1 aromatic heterocycles. The van der Waals surface area contributed by atoms with E-state index in [4.69, 9.17) is 34.8 Å². The van der Waals surface area contributed by atoms with Gasteiger partial charge in [-0.15, -0.1) is 0 Å². The van der Waals surface area contributed by atoms with Gasteiger partial charge in [-0.3, -0.25) is 0 Å². The lowest BCUT2D eigenvalue weighted by molar-refractivity contribution is -0.0560. The predicted octanol–water partition coefficient (Wildman–Crippen LogP) is 4.71. The van der Waals surface area contributed by atoms with E-state index in [0.717, 1.165) is 0 Å². The third kappa shape index (κ3) is 3.43. The molecule has 100 valence electrons. The summed E-state index contributed by atoms with van der Waals surface area (Å²) in [5.41, 5.74) is 0.935. The second kappa shape index (κ2) is 5.86. The van der Waals surface area contributed by atoms with Crippen LogP contribution in [0.15, 0.2) is 24.5 Å². The van der Waals surface area contributed by atoms with Gasteiger partial charge in [0.15, 0.2) is 0 Å². The van der Waals surface area contributed by atoms with Gasteiger partial charge in [-0.1, -0.05) is 34.8 Å². The summed E-state index contributed by atoms with van der Waals surface area (Å²) < 4.78 is 28.0. The van der Waals surface area contributed by atoms with E-state index in [2.05, 4.69) is 14.7 Å². The molecule has 8 heteroatoms. The monoisotopic (exact) mass is 324 g/mol. The molecule has 0 saturated heterocycles. The molecule has 2 rings (SSSR count). The van der Waals surface area contributed by atoms with Gasteiger partial charge in [0.05, 0.1) is 10.0 Å². The van der Waals surface area contributed by atoms with E-state index < -0.39 is 12.6 Å². The van der Waals surface area contributed by atoms with E-state index in [1.54, 1.807) is 0 Å². The molecule has 19 heavy (non-hydrogen) atoms. The smallest absolute Gasteiger partial charge is 0.389 e. The molecule has 0 N–H and O–H groups in total. The van der Waals surface area contributed by atoms with E-state index in [-0.39, 0.29) is 0 Å². The van der Waals surface area contributed by atoms with Gasteiger partial charge in [0.25, 0.3) is 0 Å². The quantitative estimate of drug-likeness (QED) is 0.820. The SMILES string of the molecule is FC(F)Oc1ncc(-c2c(Cl)cc(Cl)cc2Cl)cn1. The number of nitrogens with zero attached hydrogens (tertiary/aromatic N) is 2. The molecule has 0 spiro atoms. The average molecular weight is 326 g/mol. The Hall–Kier alpha value is -1.17. The molecule has 0 amide bonds. The van der Waals surface area contributed by atoms with Crippen LogP contribution < -0.4 is 4.74 Å². The molecule has 3 nitrogen and oxygen atoms in total. The minimum Gasteiger partial charge on any atom is -0.401 e. The number of hydrogen-bond acceptors (Lipinski definition) is 3. The summed E-state index contributed by atoms with van der Waals surface area (Å²) in [7, 11) is 0. The van der Waals surface area contributed by atoms with E-state index in [1.165, 1.54) is 24.5 Å². The Morgan fingerprint density at radius 3 is 2.00 bits per heavy atom. The first-order valence-electron chi connectivity index (χ1n) is 4.89. The van der Waals surface area contributed by atoms with Crippen LogP contribution in [0.2, 0.25) is 15.1 Å². The fourth-order valence-electron chi connectivity index (χ4n) is 1.40. The maximum absolute atomic E-state index is 12.0. The van der Waals surface area contributed by atoms with Crippen molar-refractivity contribution in [2.75, 3.05) is 0 Å². The molecular formula is C11H5Cl3F2N2O. The molecule has 0 unspecified atom stereocenters. The standard InChI is InChI=1S/C11H5Cl3F2N2O/c12-6-1-7(13)9(8(14)2-6)5-3-17-11(18-4-5)19-10(15)16/h1-4,10H. The maximum atomic E-state index is 12.0. The highest BCUT2D eigenvalue weighted by molar-refractivity contribution is 6.41. The lowest BCUT2D eigenvalue weighted by Gasteiger charge is -2.08. The molecule has 0 aliphatic carbocycles. The van der Waals surface area contributed by atoms with Gasteiger partial charge in [0.2, 0.25) is 0 Å². The Bertz CT molecular complexity index is 570. The first-order valence-corrected chi connectivity index (χ1v) is 6.02. The summed E-state index contributed by atoms with van der Waals surface area (Å²) in [4.78, 5) is 7.27. The van der Waals surface area contributed by atoms with Crippen molar-refractivity contribution >= 4 is 34.8 Å². The number of rotatable bonds is 3. The Morgan fingerprint density at radius 2 is 1.53 bits per heavy atom. The van der Waals surface area contributed by atoms with Crippen molar-refractivity contribution in [1.29, 1.82) is 0 Å². The largest absolute Gasteiger partial charge is 0.401 e. The number of benzene rings is 1. The fourth-order valence-corrected chi connectivity index (χ4v) is 2.44. The fraction of sp³-hybridized carbons (Fsp3) is 0.0909. The molecule has 0 saturated carbocycles. The van der Waals surface area contributed by atoms with Gasteiger partial charge < -0.3 is 4.74 Å². The molecule has 0 bridgehead atoms. The Labute approximate surface area is 122 Å². The van der Waals surface area contributed by atoms with Crippen molar-refractivity contribution in [2.24, 2.45) is 0 Å². The second-order valence-corrected chi connectivity index (χ2v) is 4.63. The minimum absolute atomic E-state index is 0.309. The zero-order valence-electron chi connectivity index (χ0n) is 9.08. The summed E-state index contributed by atoms with van der Waals surface area (Å²) in [6, 6.07) is 2.59. The van der Waals surface area contributed by atoms with Gasteiger partial charge in [-0.05, 0) is 12.1 Å². The van der Waals surface area contributed by atoms with Crippen molar-refractivity contribution < 1.29 is 13.5 Å². The van der Waals surface area contributed by atoms with Crippen molar-refractivity contribution in [1.82, 2.24) is 9.97 Å². The van der Waals surface area contributed by atoms with Crippen LogP contribution in [0.25, 0.3) is 11.1 Å².